The molecule has 0 bridgehead atoms. The van der Waals surface area contributed by atoms with Gasteiger partial charge in [-0.2, -0.15) is 0 Å². The lowest BCUT2D eigenvalue weighted by Gasteiger charge is -2.29. The van der Waals surface area contributed by atoms with Gasteiger partial charge in [-0.25, -0.2) is 0 Å². The molecule has 1 saturated carbocycles. The molecule has 3 atom stereocenters. The maximum Gasteiger partial charge on any atom is 0.0312 e. The lowest BCUT2D eigenvalue weighted by molar-refractivity contribution is 0.259. The van der Waals surface area contributed by atoms with Crippen molar-refractivity contribution >= 4 is 12.4 Å². The third kappa shape index (κ3) is 2.85. The Balaban J connectivity index is 0.00000120. The zero-order valence-corrected chi connectivity index (χ0v) is 11.5. The maximum absolute atomic E-state index is 6.24. The summed E-state index contributed by atoms with van der Waals surface area (Å²) < 4.78 is 0. The molecule has 3 unspecified atom stereocenters. The van der Waals surface area contributed by atoms with E-state index in [-0.39, 0.29) is 12.4 Å². The Morgan fingerprint density at radius 2 is 2.22 bits per heavy atom. The fourth-order valence-corrected chi connectivity index (χ4v) is 3.49. The average molecular weight is 268 g/mol. The van der Waals surface area contributed by atoms with Crippen LogP contribution in [0.5, 0.6) is 0 Å². The highest BCUT2D eigenvalue weighted by Crippen LogP contribution is 2.35. The summed E-state index contributed by atoms with van der Waals surface area (Å²) in [6.45, 7) is 3.45. The van der Waals surface area contributed by atoms with Crippen LogP contribution in [0.3, 0.4) is 0 Å². The number of pyridine rings is 1. The average Bonchev–Trinajstić information content (AvgIpc) is 2.74. The molecular formula is C14H22ClN3. The molecule has 1 saturated heterocycles. The van der Waals surface area contributed by atoms with E-state index in [1.807, 2.05) is 18.5 Å². The molecule has 2 aliphatic rings. The van der Waals surface area contributed by atoms with Gasteiger partial charge in [0.2, 0.25) is 0 Å². The maximum atomic E-state index is 6.24. The number of nitrogens with two attached hydrogens (primary N) is 1. The molecule has 18 heavy (non-hydrogen) atoms. The van der Waals surface area contributed by atoms with Crippen molar-refractivity contribution in [3.63, 3.8) is 0 Å². The van der Waals surface area contributed by atoms with E-state index in [1.165, 1.54) is 37.9 Å². The molecule has 2 heterocycles. The van der Waals surface area contributed by atoms with Gasteiger partial charge in [0, 0.05) is 38.1 Å². The third-order valence-electron chi connectivity index (χ3n) is 4.36. The molecule has 1 aliphatic carbocycles. The van der Waals surface area contributed by atoms with Crippen LogP contribution in [0.4, 0.5) is 0 Å². The normalized spacial score (nSPS) is 31.7. The van der Waals surface area contributed by atoms with E-state index in [2.05, 4.69) is 16.0 Å². The van der Waals surface area contributed by atoms with Crippen molar-refractivity contribution < 1.29 is 0 Å². The van der Waals surface area contributed by atoms with Crippen LogP contribution in [0.1, 0.15) is 24.8 Å². The van der Waals surface area contributed by atoms with Crippen LogP contribution in [-0.2, 0) is 6.54 Å². The fraction of sp³-hybridized carbons (Fsp3) is 0.643. The smallest absolute Gasteiger partial charge is 0.0312 e. The first-order chi connectivity index (χ1) is 8.33. The molecule has 0 radical (unpaired) electrons. The summed E-state index contributed by atoms with van der Waals surface area (Å²) in [5.41, 5.74) is 7.56. The summed E-state index contributed by atoms with van der Waals surface area (Å²) >= 11 is 0. The van der Waals surface area contributed by atoms with Crippen molar-refractivity contribution in [1.29, 1.82) is 0 Å². The topological polar surface area (TPSA) is 42.1 Å². The highest BCUT2D eigenvalue weighted by atomic mass is 35.5. The molecule has 2 N–H and O–H groups in total. The Bertz CT molecular complexity index is 371. The third-order valence-corrected chi connectivity index (χ3v) is 4.36. The Morgan fingerprint density at radius 3 is 2.94 bits per heavy atom. The van der Waals surface area contributed by atoms with E-state index in [9.17, 15) is 0 Å². The van der Waals surface area contributed by atoms with Crippen molar-refractivity contribution in [2.24, 2.45) is 17.6 Å². The summed E-state index contributed by atoms with van der Waals surface area (Å²) in [5.74, 6) is 1.58. The van der Waals surface area contributed by atoms with E-state index in [0.29, 0.717) is 6.04 Å². The number of fused-ring (bicyclic) bond motifs is 1. The molecule has 0 aromatic carbocycles. The molecule has 1 aliphatic heterocycles. The van der Waals surface area contributed by atoms with Crippen LogP contribution < -0.4 is 5.73 Å². The molecule has 3 rings (SSSR count). The highest BCUT2D eigenvalue weighted by molar-refractivity contribution is 5.85. The van der Waals surface area contributed by atoms with Crippen LogP contribution in [0, 0.1) is 11.8 Å². The van der Waals surface area contributed by atoms with Gasteiger partial charge in [0.05, 0.1) is 0 Å². The van der Waals surface area contributed by atoms with Gasteiger partial charge in [-0.1, -0.05) is 12.5 Å². The number of rotatable bonds is 2. The Kier molecular flexibility index (Phi) is 4.60. The monoisotopic (exact) mass is 267 g/mol. The first-order valence-corrected chi connectivity index (χ1v) is 6.70. The van der Waals surface area contributed by atoms with Crippen molar-refractivity contribution in [1.82, 2.24) is 9.88 Å². The molecule has 1 aromatic heterocycles. The Hall–Kier alpha value is -0.640. The van der Waals surface area contributed by atoms with E-state index in [0.717, 1.165) is 18.4 Å². The minimum atomic E-state index is 0. The van der Waals surface area contributed by atoms with Gasteiger partial charge in [-0.3, -0.25) is 9.88 Å². The van der Waals surface area contributed by atoms with Gasteiger partial charge >= 0.3 is 0 Å². The minimum absolute atomic E-state index is 0. The fourth-order valence-electron chi connectivity index (χ4n) is 3.49. The van der Waals surface area contributed by atoms with Crippen LogP contribution in [0.15, 0.2) is 24.5 Å². The second-order valence-corrected chi connectivity index (χ2v) is 5.57. The lowest BCUT2D eigenvalue weighted by atomic mass is 9.78. The number of nitrogens with zero attached hydrogens (tertiary/aromatic N) is 2. The van der Waals surface area contributed by atoms with Gasteiger partial charge in [0.15, 0.2) is 0 Å². The molecular weight excluding hydrogens is 246 g/mol. The molecule has 2 fully saturated rings. The van der Waals surface area contributed by atoms with Crippen molar-refractivity contribution in [3.8, 4) is 0 Å². The zero-order valence-electron chi connectivity index (χ0n) is 10.7. The van der Waals surface area contributed by atoms with E-state index >= 15 is 0 Å². The zero-order chi connectivity index (χ0) is 11.7. The predicted octanol–water partition coefficient (Wildman–Crippen LogP) is 2.06. The first kappa shape index (κ1) is 13.8. The molecule has 0 amide bonds. The highest BCUT2D eigenvalue weighted by Gasteiger charge is 2.38. The number of hydrogen-bond donors (Lipinski definition) is 1. The Labute approximate surface area is 115 Å². The number of hydrogen-bond acceptors (Lipinski definition) is 3. The lowest BCUT2D eigenvalue weighted by Crippen LogP contribution is -2.38. The second kappa shape index (κ2) is 6.00. The number of halogens is 1. The van der Waals surface area contributed by atoms with E-state index in [1.54, 1.807) is 0 Å². The van der Waals surface area contributed by atoms with Gasteiger partial charge in [0.1, 0.15) is 0 Å². The summed E-state index contributed by atoms with van der Waals surface area (Å²) in [6, 6.07) is 4.62. The first-order valence-electron chi connectivity index (χ1n) is 6.70. The Morgan fingerprint density at radius 1 is 1.33 bits per heavy atom. The van der Waals surface area contributed by atoms with Crippen LogP contribution in [0.25, 0.3) is 0 Å². The van der Waals surface area contributed by atoms with Gasteiger partial charge in [-0.15, -0.1) is 12.4 Å². The summed E-state index contributed by atoms with van der Waals surface area (Å²) in [4.78, 5) is 6.73. The van der Waals surface area contributed by atoms with Gasteiger partial charge < -0.3 is 5.73 Å². The van der Waals surface area contributed by atoms with Gasteiger partial charge in [-0.05, 0) is 36.3 Å². The number of aromatic nitrogens is 1. The molecule has 1 aromatic rings. The van der Waals surface area contributed by atoms with E-state index in [4.69, 9.17) is 5.73 Å². The SMILES string of the molecule is Cl.NC1CCCC2CN(Cc3cccnc3)CC12. The van der Waals surface area contributed by atoms with E-state index < -0.39 is 0 Å². The molecule has 3 nitrogen and oxygen atoms in total. The summed E-state index contributed by atoms with van der Waals surface area (Å²) in [7, 11) is 0. The predicted molar refractivity (Wildman–Crippen MR) is 75.6 cm³/mol. The van der Waals surface area contributed by atoms with Crippen LogP contribution in [-0.4, -0.2) is 29.0 Å². The van der Waals surface area contributed by atoms with Crippen LogP contribution in [0.2, 0.25) is 0 Å². The van der Waals surface area contributed by atoms with Gasteiger partial charge in [0.25, 0.3) is 0 Å². The van der Waals surface area contributed by atoms with Crippen molar-refractivity contribution in [2.75, 3.05) is 13.1 Å². The number of likely N-dealkylation sites (tertiary alicyclic amines) is 1. The molecule has 0 spiro atoms. The quantitative estimate of drug-likeness (QED) is 0.892. The second-order valence-electron chi connectivity index (χ2n) is 5.57. The summed E-state index contributed by atoms with van der Waals surface area (Å²) in [6.07, 6.45) is 7.73. The largest absolute Gasteiger partial charge is 0.327 e. The van der Waals surface area contributed by atoms with Crippen molar-refractivity contribution in [2.45, 2.75) is 31.8 Å². The molecule has 100 valence electrons. The van der Waals surface area contributed by atoms with Crippen LogP contribution >= 0.6 is 12.4 Å². The minimum Gasteiger partial charge on any atom is -0.327 e. The van der Waals surface area contributed by atoms with Crippen molar-refractivity contribution in [3.05, 3.63) is 30.1 Å². The standard InChI is InChI=1S/C14H21N3.ClH/c15-14-5-1-4-12-9-17(10-13(12)14)8-11-3-2-6-16-7-11;/h2-3,6-7,12-14H,1,4-5,8-10,15H2;1H. The summed E-state index contributed by atoms with van der Waals surface area (Å²) in [5, 5.41) is 0. The molecule has 4 heteroatoms.